The SMILES string of the molecule is CCCCOc1cc(-c2c3ccccc3c(CCCC)c3ccccc23)c(-c2c3ccccc3c(-c3cc(OCCCC)c(OCCCC)cc3-c3c4ccccc4c(-c4cc(OCCCC)c(OCCCC)cc4-c4c5ccccc5c(CCCC)c5ccccc45)c4ccccc34)c3ccccc23)cc1OCCCC. The molecule has 0 atom stereocenters. The molecule has 0 aliphatic rings. The first-order valence-electron chi connectivity index (χ1n) is 42.4. The monoisotopic (exact) mass is 1480 g/mol. The number of aryl methyl sites for hydroxylation is 2. The van der Waals surface area contributed by atoms with Crippen LogP contribution in [0.2, 0.25) is 0 Å². The first kappa shape index (κ1) is 76.5. The second kappa shape index (κ2) is 36.1. The fraction of sp³-hybridized carbons (Fsp3) is 0.302. The average Bonchev–Trinajstić information content (AvgIpc) is 0.715. The van der Waals surface area contributed by atoms with E-state index < -0.39 is 0 Å². The van der Waals surface area contributed by atoms with E-state index in [0.717, 1.165) is 249 Å². The van der Waals surface area contributed by atoms with Crippen LogP contribution < -0.4 is 28.4 Å². The summed E-state index contributed by atoms with van der Waals surface area (Å²) < 4.78 is 42.4. The number of unbranched alkanes of at least 4 members (excludes halogenated alkanes) is 8. The normalized spacial score (nSPS) is 11.7. The van der Waals surface area contributed by atoms with Crippen molar-refractivity contribution in [2.24, 2.45) is 0 Å². The van der Waals surface area contributed by atoms with Crippen molar-refractivity contribution in [1.82, 2.24) is 0 Å². The Kier molecular flexibility index (Phi) is 24.7. The van der Waals surface area contributed by atoms with Crippen molar-refractivity contribution >= 4 is 86.2 Å². The molecule has 0 aliphatic carbocycles. The second-order valence-corrected chi connectivity index (χ2v) is 30.5. The minimum Gasteiger partial charge on any atom is -0.490 e. The number of rotatable bonds is 36. The summed E-state index contributed by atoms with van der Waals surface area (Å²) in [4.78, 5) is 0. The van der Waals surface area contributed by atoms with Crippen molar-refractivity contribution in [1.29, 1.82) is 0 Å². The first-order chi connectivity index (χ1) is 55.4. The van der Waals surface area contributed by atoms with Gasteiger partial charge in [0.15, 0.2) is 34.5 Å². The lowest BCUT2D eigenvalue weighted by atomic mass is 9.78. The van der Waals surface area contributed by atoms with Gasteiger partial charge in [0.1, 0.15) is 0 Å². The number of fused-ring (bicyclic) bond motifs is 8. The van der Waals surface area contributed by atoms with E-state index in [0.29, 0.717) is 39.6 Å². The molecule has 15 aromatic rings. The van der Waals surface area contributed by atoms with Gasteiger partial charge < -0.3 is 28.4 Å². The van der Waals surface area contributed by atoms with E-state index in [4.69, 9.17) is 28.4 Å². The van der Waals surface area contributed by atoms with Crippen molar-refractivity contribution < 1.29 is 28.4 Å². The highest BCUT2D eigenvalue weighted by molar-refractivity contribution is 6.29. The van der Waals surface area contributed by atoms with Gasteiger partial charge in [-0.25, -0.2) is 0 Å². The lowest BCUT2D eigenvalue weighted by molar-refractivity contribution is 0.262. The molecule has 15 aromatic carbocycles. The predicted molar refractivity (Wildman–Crippen MR) is 479 cm³/mol. The van der Waals surface area contributed by atoms with Gasteiger partial charge in [-0.1, -0.05) is 301 Å². The Bertz CT molecular complexity index is 5280. The van der Waals surface area contributed by atoms with Gasteiger partial charge in [0, 0.05) is 0 Å². The minimum atomic E-state index is 0.550. The molecule has 0 spiro atoms. The number of hydrogen-bond acceptors (Lipinski definition) is 6. The van der Waals surface area contributed by atoms with E-state index >= 15 is 0 Å². The minimum absolute atomic E-state index is 0.550. The van der Waals surface area contributed by atoms with E-state index in [-0.39, 0.29) is 0 Å². The van der Waals surface area contributed by atoms with Gasteiger partial charge in [0.2, 0.25) is 0 Å². The number of benzene rings is 15. The third kappa shape index (κ3) is 15.2. The van der Waals surface area contributed by atoms with Crippen molar-refractivity contribution in [3.63, 3.8) is 0 Å². The standard InChI is InChI=1S/C106H110O6/c1-9-17-41-71-73-43-25-29-47-77(73)101(78-48-30-26-44-74(71)78)89-65-95(107-59-19-11-3)97(109-61-21-13-5)67-91(89)103-81-51-33-37-55-85(81)105(86-56-38-34-52-82(86)103)93-69-99(111-63-23-15-7)100(112-64-24-16-8)70-94(93)106-87-57-39-35-53-83(87)104(84-54-36-40-58-88(84)106)92-68-98(110-62-22-14-6)96(108-60-20-12-4)66-90(92)102-79-49-31-27-45-75(79)72(42-18-10-2)76-46-28-32-50-80(76)102/h25-40,43-58,65-70H,9-24,41-42,59-64H2,1-8H3. The first-order valence-corrected chi connectivity index (χ1v) is 42.4. The van der Waals surface area contributed by atoms with E-state index in [2.05, 4.69) is 286 Å². The van der Waals surface area contributed by atoms with Crippen molar-refractivity contribution in [3.8, 4) is 101 Å². The zero-order valence-electron chi connectivity index (χ0n) is 67.4. The molecular weight excluding hydrogens is 1370 g/mol. The molecule has 0 aromatic heterocycles. The predicted octanol–water partition coefficient (Wildman–Crippen LogP) is 30.7. The summed E-state index contributed by atoms with van der Waals surface area (Å²) in [5.41, 5.74) is 16.2. The molecule has 0 heterocycles. The van der Waals surface area contributed by atoms with Crippen molar-refractivity contribution in [2.75, 3.05) is 39.6 Å². The molecule has 6 nitrogen and oxygen atoms in total. The summed E-state index contributed by atoms with van der Waals surface area (Å²) in [6.07, 6.45) is 17.9. The maximum Gasteiger partial charge on any atom is 0.161 e. The van der Waals surface area contributed by atoms with Gasteiger partial charge >= 0.3 is 0 Å². The van der Waals surface area contributed by atoms with Gasteiger partial charge in [0.25, 0.3) is 0 Å². The summed E-state index contributed by atoms with van der Waals surface area (Å²) in [6.45, 7) is 21.4. The fourth-order valence-corrected chi connectivity index (χ4v) is 17.2. The van der Waals surface area contributed by atoms with Crippen LogP contribution in [0.25, 0.3) is 153 Å². The molecule has 0 saturated heterocycles. The average molecular weight is 1480 g/mol. The van der Waals surface area contributed by atoms with Gasteiger partial charge in [-0.15, -0.1) is 0 Å². The van der Waals surface area contributed by atoms with E-state index in [1.807, 2.05) is 0 Å². The summed E-state index contributed by atoms with van der Waals surface area (Å²) >= 11 is 0. The van der Waals surface area contributed by atoms with E-state index in [9.17, 15) is 0 Å². The number of hydrogen-bond donors (Lipinski definition) is 0. The summed E-state index contributed by atoms with van der Waals surface area (Å²) in [6, 6.07) is 87.4. The highest BCUT2D eigenvalue weighted by Gasteiger charge is 2.31. The maximum absolute atomic E-state index is 7.15. The van der Waals surface area contributed by atoms with Crippen LogP contribution in [0.3, 0.4) is 0 Å². The van der Waals surface area contributed by atoms with E-state index in [1.165, 1.54) is 65.3 Å². The maximum atomic E-state index is 7.15. The van der Waals surface area contributed by atoms with Crippen LogP contribution in [0.15, 0.2) is 231 Å². The topological polar surface area (TPSA) is 55.4 Å². The van der Waals surface area contributed by atoms with Gasteiger partial charge in [-0.3, -0.25) is 0 Å². The zero-order chi connectivity index (χ0) is 76.9. The Morgan fingerprint density at radius 3 is 0.446 bits per heavy atom. The molecule has 0 radical (unpaired) electrons. The summed E-state index contributed by atoms with van der Waals surface area (Å²) in [5, 5.41) is 19.1. The Morgan fingerprint density at radius 1 is 0.170 bits per heavy atom. The Hall–Kier alpha value is -10.8. The lowest BCUT2D eigenvalue weighted by Gasteiger charge is -2.26. The summed E-state index contributed by atoms with van der Waals surface area (Å²) in [5.74, 6) is 4.54. The fourth-order valence-electron chi connectivity index (χ4n) is 17.2. The van der Waals surface area contributed by atoms with Gasteiger partial charge in [-0.05, 0) is 265 Å². The van der Waals surface area contributed by atoms with Crippen LogP contribution in [0.1, 0.15) is 169 Å². The molecule has 0 bridgehead atoms. The van der Waals surface area contributed by atoms with Crippen LogP contribution in [-0.4, -0.2) is 39.6 Å². The molecule has 0 unspecified atom stereocenters. The highest BCUT2D eigenvalue weighted by atomic mass is 16.5. The van der Waals surface area contributed by atoms with Crippen LogP contribution in [-0.2, 0) is 12.8 Å². The smallest absolute Gasteiger partial charge is 0.161 e. The molecule has 15 rings (SSSR count). The third-order valence-electron chi connectivity index (χ3n) is 22.9. The van der Waals surface area contributed by atoms with Crippen LogP contribution >= 0.6 is 0 Å². The van der Waals surface area contributed by atoms with Crippen molar-refractivity contribution in [3.05, 3.63) is 242 Å². The zero-order valence-corrected chi connectivity index (χ0v) is 67.4. The molecule has 112 heavy (non-hydrogen) atoms. The van der Waals surface area contributed by atoms with Crippen LogP contribution in [0.4, 0.5) is 0 Å². The third-order valence-corrected chi connectivity index (χ3v) is 22.9. The molecule has 0 aliphatic heterocycles. The largest absolute Gasteiger partial charge is 0.490 e. The quantitative estimate of drug-likeness (QED) is 0.0288. The van der Waals surface area contributed by atoms with Crippen LogP contribution in [0.5, 0.6) is 34.5 Å². The summed E-state index contributed by atoms with van der Waals surface area (Å²) in [7, 11) is 0. The van der Waals surface area contributed by atoms with Crippen LogP contribution in [0, 0.1) is 0 Å². The van der Waals surface area contributed by atoms with Gasteiger partial charge in [-0.2, -0.15) is 0 Å². The molecule has 0 saturated carbocycles. The second-order valence-electron chi connectivity index (χ2n) is 30.5. The number of ether oxygens (including phenoxy) is 6. The molecule has 0 amide bonds. The molecule has 570 valence electrons. The van der Waals surface area contributed by atoms with Gasteiger partial charge in [0.05, 0.1) is 39.6 Å². The van der Waals surface area contributed by atoms with Crippen molar-refractivity contribution in [2.45, 2.75) is 171 Å². The Morgan fingerprint density at radius 2 is 0.304 bits per heavy atom. The molecular formula is C106H110O6. The van der Waals surface area contributed by atoms with E-state index in [1.54, 1.807) is 0 Å². The Balaban J connectivity index is 1.06. The molecule has 0 N–H and O–H groups in total. The molecule has 6 heteroatoms. The lowest BCUT2D eigenvalue weighted by Crippen LogP contribution is -2.05. The highest BCUT2D eigenvalue weighted by Crippen LogP contribution is 2.57. The molecule has 0 fully saturated rings. The Labute approximate surface area is 664 Å².